The van der Waals surface area contributed by atoms with Gasteiger partial charge in [0, 0.05) is 12.1 Å². The quantitative estimate of drug-likeness (QED) is 0.600. The van der Waals surface area contributed by atoms with Gasteiger partial charge in [-0.3, -0.25) is 4.40 Å². The Morgan fingerprint density at radius 3 is 2.38 bits per heavy atom. The summed E-state index contributed by atoms with van der Waals surface area (Å²) < 4.78 is 40.4. The van der Waals surface area contributed by atoms with E-state index in [-0.39, 0.29) is 11.5 Å². The number of para-hydroxylation sites is 1. The van der Waals surface area contributed by atoms with Crippen LogP contribution < -0.4 is 14.8 Å². The van der Waals surface area contributed by atoms with Gasteiger partial charge in [-0.1, -0.05) is 6.07 Å². The van der Waals surface area contributed by atoms with Crippen LogP contribution in [-0.2, 0) is 0 Å². The summed E-state index contributed by atoms with van der Waals surface area (Å²) in [5.74, 6) is -0.118. The number of imidazole rings is 1. The van der Waals surface area contributed by atoms with Gasteiger partial charge in [0.2, 0.25) is 0 Å². The topological polar surface area (TPSA) is 60.7 Å². The highest BCUT2D eigenvalue weighted by atomic mass is 19.1. The second kappa shape index (κ2) is 6.14. The average Bonchev–Trinajstić information content (AvgIpc) is 3.14. The molecule has 0 saturated carbocycles. The molecule has 4 aromatic rings. The summed E-state index contributed by atoms with van der Waals surface area (Å²) >= 11 is 0. The first-order valence-electron chi connectivity index (χ1n) is 7.71. The number of nitrogens with one attached hydrogen (secondary N) is 1. The maximum atomic E-state index is 14.0. The van der Waals surface area contributed by atoms with Crippen molar-refractivity contribution in [2.75, 3.05) is 19.5 Å². The largest absolute Gasteiger partial charge is 0.493 e. The van der Waals surface area contributed by atoms with E-state index in [0.29, 0.717) is 22.5 Å². The molecule has 6 nitrogen and oxygen atoms in total. The fourth-order valence-corrected chi connectivity index (χ4v) is 2.81. The highest BCUT2D eigenvalue weighted by Gasteiger charge is 2.16. The van der Waals surface area contributed by atoms with Gasteiger partial charge in [0.25, 0.3) is 0 Å². The molecule has 2 aromatic carbocycles. The molecule has 0 aliphatic heterocycles. The Bertz CT molecular complexity index is 1110. The number of fused-ring (bicyclic) bond motifs is 3. The van der Waals surface area contributed by atoms with E-state index in [2.05, 4.69) is 15.3 Å². The lowest BCUT2D eigenvalue weighted by Gasteiger charge is -2.13. The molecule has 0 aliphatic rings. The van der Waals surface area contributed by atoms with Crippen LogP contribution in [0.5, 0.6) is 11.5 Å². The minimum atomic E-state index is -0.711. The normalized spacial score (nSPS) is 11.1. The van der Waals surface area contributed by atoms with E-state index in [9.17, 15) is 8.78 Å². The van der Waals surface area contributed by atoms with Gasteiger partial charge < -0.3 is 14.8 Å². The SMILES string of the molecule is COc1cc2nc(Nc3c(F)cccc3F)c3cncn3c2cc1OC. The van der Waals surface area contributed by atoms with Crippen molar-refractivity contribution in [3.8, 4) is 11.5 Å². The van der Waals surface area contributed by atoms with Crippen molar-refractivity contribution in [2.45, 2.75) is 0 Å². The molecule has 2 heterocycles. The maximum Gasteiger partial charge on any atom is 0.163 e. The molecular formula is C18H14F2N4O2. The second-order valence-corrected chi connectivity index (χ2v) is 5.53. The van der Waals surface area contributed by atoms with Crippen molar-refractivity contribution < 1.29 is 18.3 Å². The van der Waals surface area contributed by atoms with E-state index in [0.717, 1.165) is 5.52 Å². The van der Waals surface area contributed by atoms with Crippen LogP contribution in [0.4, 0.5) is 20.3 Å². The zero-order valence-corrected chi connectivity index (χ0v) is 14.0. The molecule has 0 radical (unpaired) electrons. The number of anilines is 2. The van der Waals surface area contributed by atoms with Crippen molar-refractivity contribution in [3.63, 3.8) is 0 Å². The first-order chi connectivity index (χ1) is 12.6. The molecule has 0 bridgehead atoms. The van der Waals surface area contributed by atoms with Gasteiger partial charge in [0.15, 0.2) is 17.3 Å². The van der Waals surface area contributed by atoms with Crippen molar-refractivity contribution >= 4 is 28.1 Å². The Kier molecular flexibility index (Phi) is 3.80. The summed E-state index contributed by atoms with van der Waals surface area (Å²) in [6, 6.07) is 7.11. The smallest absolute Gasteiger partial charge is 0.163 e. The number of benzene rings is 2. The molecule has 8 heteroatoms. The van der Waals surface area contributed by atoms with Crippen molar-refractivity contribution in [1.29, 1.82) is 0 Å². The third-order valence-electron chi connectivity index (χ3n) is 4.06. The molecule has 0 unspecified atom stereocenters. The summed E-state index contributed by atoms with van der Waals surface area (Å²) in [5.41, 5.74) is 1.55. The second-order valence-electron chi connectivity index (χ2n) is 5.53. The van der Waals surface area contributed by atoms with E-state index in [1.54, 1.807) is 36.2 Å². The minimum Gasteiger partial charge on any atom is -0.493 e. The molecule has 0 amide bonds. The molecule has 0 fully saturated rings. The summed E-state index contributed by atoms with van der Waals surface area (Å²) in [5, 5.41) is 2.73. The van der Waals surface area contributed by atoms with Gasteiger partial charge in [0.1, 0.15) is 22.8 Å². The number of hydrogen-bond acceptors (Lipinski definition) is 5. The molecular weight excluding hydrogens is 342 g/mol. The van der Waals surface area contributed by atoms with Crippen LogP contribution in [0.2, 0.25) is 0 Å². The lowest BCUT2D eigenvalue weighted by Crippen LogP contribution is -2.03. The van der Waals surface area contributed by atoms with Crippen LogP contribution in [0.15, 0.2) is 42.9 Å². The Hall–Kier alpha value is -3.42. The predicted octanol–water partition coefficient (Wildman–Crippen LogP) is 3.92. The maximum absolute atomic E-state index is 14.0. The minimum absolute atomic E-state index is 0.270. The predicted molar refractivity (Wildman–Crippen MR) is 93.2 cm³/mol. The summed E-state index contributed by atoms with van der Waals surface area (Å²) in [7, 11) is 3.06. The lowest BCUT2D eigenvalue weighted by molar-refractivity contribution is 0.355. The molecule has 0 aliphatic carbocycles. The lowest BCUT2D eigenvalue weighted by atomic mass is 10.2. The molecule has 4 rings (SSSR count). The van der Waals surface area contributed by atoms with E-state index >= 15 is 0 Å². The zero-order valence-electron chi connectivity index (χ0n) is 14.0. The first kappa shape index (κ1) is 16.1. The van der Waals surface area contributed by atoms with Gasteiger partial charge in [-0.05, 0) is 12.1 Å². The number of methoxy groups -OCH3 is 2. The van der Waals surface area contributed by atoms with Crippen molar-refractivity contribution in [2.24, 2.45) is 0 Å². The third kappa shape index (κ3) is 2.46. The van der Waals surface area contributed by atoms with Crippen LogP contribution in [0.1, 0.15) is 0 Å². The summed E-state index contributed by atoms with van der Waals surface area (Å²) in [6.07, 6.45) is 3.15. The van der Waals surface area contributed by atoms with Gasteiger partial charge >= 0.3 is 0 Å². The Balaban J connectivity index is 1.96. The monoisotopic (exact) mass is 356 g/mol. The van der Waals surface area contributed by atoms with E-state index in [4.69, 9.17) is 9.47 Å². The summed E-state index contributed by atoms with van der Waals surface area (Å²) in [4.78, 5) is 8.62. The third-order valence-corrected chi connectivity index (χ3v) is 4.06. The van der Waals surface area contributed by atoms with Crippen LogP contribution in [-0.4, -0.2) is 28.6 Å². The van der Waals surface area contributed by atoms with Crippen LogP contribution >= 0.6 is 0 Å². The standard InChI is InChI=1S/C18H14F2N4O2/c1-25-15-6-12-13(7-16(15)26-2)24-9-21-8-14(24)18(22-12)23-17-10(19)4-3-5-11(17)20/h3-9H,1-2H3,(H,22,23). The van der Waals surface area contributed by atoms with Gasteiger partial charge in [0.05, 0.1) is 37.8 Å². The summed E-state index contributed by atoms with van der Waals surface area (Å²) in [6.45, 7) is 0. The van der Waals surface area contributed by atoms with Crippen LogP contribution in [0.25, 0.3) is 16.6 Å². The van der Waals surface area contributed by atoms with Crippen LogP contribution in [0.3, 0.4) is 0 Å². The van der Waals surface area contributed by atoms with Crippen LogP contribution in [0, 0.1) is 11.6 Å². The highest BCUT2D eigenvalue weighted by molar-refractivity contribution is 5.88. The molecule has 0 spiro atoms. The van der Waals surface area contributed by atoms with E-state index < -0.39 is 11.6 Å². The Morgan fingerprint density at radius 2 is 1.69 bits per heavy atom. The van der Waals surface area contributed by atoms with E-state index in [1.165, 1.54) is 25.3 Å². The molecule has 2 aromatic heterocycles. The van der Waals surface area contributed by atoms with Gasteiger partial charge in [-0.2, -0.15) is 0 Å². The van der Waals surface area contributed by atoms with Crippen molar-refractivity contribution in [3.05, 3.63) is 54.5 Å². The van der Waals surface area contributed by atoms with E-state index in [1.807, 2.05) is 0 Å². The number of hydrogen-bond donors (Lipinski definition) is 1. The molecule has 26 heavy (non-hydrogen) atoms. The number of aromatic nitrogens is 3. The number of rotatable bonds is 4. The molecule has 132 valence electrons. The molecule has 0 atom stereocenters. The van der Waals surface area contributed by atoms with Gasteiger partial charge in [-0.15, -0.1) is 0 Å². The fraction of sp³-hybridized carbons (Fsp3) is 0.111. The Labute approximate surface area is 147 Å². The van der Waals surface area contributed by atoms with Gasteiger partial charge in [-0.25, -0.2) is 18.7 Å². The first-order valence-corrected chi connectivity index (χ1v) is 7.71. The van der Waals surface area contributed by atoms with Crippen molar-refractivity contribution in [1.82, 2.24) is 14.4 Å². The number of nitrogens with zero attached hydrogens (tertiary/aromatic N) is 3. The fourth-order valence-electron chi connectivity index (χ4n) is 2.81. The zero-order chi connectivity index (χ0) is 18.3. The Morgan fingerprint density at radius 1 is 1.00 bits per heavy atom. The molecule has 1 N–H and O–H groups in total. The molecule has 0 saturated heterocycles. The number of halogens is 2. The number of ether oxygens (including phenoxy) is 2. The highest BCUT2D eigenvalue weighted by Crippen LogP contribution is 2.34. The average molecular weight is 356 g/mol.